The average Bonchev–Trinajstić information content (AvgIpc) is 2.90. The number of rotatable bonds is 2. The second-order valence-electron chi connectivity index (χ2n) is 4.54. The lowest BCUT2D eigenvalue weighted by Gasteiger charge is -2.06. The van der Waals surface area contributed by atoms with Crippen molar-refractivity contribution in [1.29, 1.82) is 5.26 Å². The van der Waals surface area contributed by atoms with Crippen molar-refractivity contribution in [1.82, 2.24) is 4.57 Å². The van der Waals surface area contributed by atoms with Gasteiger partial charge in [0.05, 0.1) is 16.6 Å². The number of hydrogen-bond acceptors (Lipinski definition) is 2. The number of carboxylic acid groups (broad SMARTS) is 1. The molecule has 1 heterocycles. The molecule has 0 fully saturated rings. The predicted molar refractivity (Wildman–Crippen MR) is 74.9 cm³/mol. The molecule has 0 spiro atoms. The lowest BCUT2D eigenvalue weighted by molar-refractivity contribution is 0.0697. The lowest BCUT2D eigenvalue weighted by atomic mass is 10.1. The highest BCUT2D eigenvalue weighted by Crippen LogP contribution is 2.23. The monoisotopic (exact) mass is 280 g/mol. The first kappa shape index (κ1) is 12.9. The summed E-state index contributed by atoms with van der Waals surface area (Å²) in [5.41, 5.74) is 1.61. The fourth-order valence-electron chi connectivity index (χ4n) is 2.25. The molecule has 0 aliphatic rings. The van der Waals surface area contributed by atoms with E-state index in [-0.39, 0.29) is 11.1 Å². The second-order valence-corrected chi connectivity index (χ2v) is 4.54. The summed E-state index contributed by atoms with van der Waals surface area (Å²) in [6, 6.07) is 12.6. The standard InChI is InChI=1S/C16H9FN2O2/c17-14-3-2-13(8-12(14)9-18)19-6-5-10-7-11(16(20)21)1-4-15(10)19/h1-8H,(H,20,21). The molecular weight excluding hydrogens is 271 g/mol. The van der Waals surface area contributed by atoms with E-state index >= 15 is 0 Å². The molecule has 1 aromatic heterocycles. The Kier molecular flexibility index (Phi) is 2.92. The van der Waals surface area contributed by atoms with E-state index in [1.54, 1.807) is 41.1 Å². The highest BCUT2D eigenvalue weighted by Gasteiger charge is 2.09. The third kappa shape index (κ3) is 2.13. The van der Waals surface area contributed by atoms with Gasteiger partial charge in [-0.25, -0.2) is 9.18 Å². The smallest absolute Gasteiger partial charge is 0.335 e. The Morgan fingerprint density at radius 1 is 1.19 bits per heavy atom. The van der Waals surface area contributed by atoms with Gasteiger partial charge < -0.3 is 9.67 Å². The van der Waals surface area contributed by atoms with Gasteiger partial charge in [0.15, 0.2) is 0 Å². The fraction of sp³-hybridized carbons (Fsp3) is 0. The van der Waals surface area contributed by atoms with E-state index in [0.29, 0.717) is 5.69 Å². The average molecular weight is 280 g/mol. The maximum Gasteiger partial charge on any atom is 0.335 e. The Labute approximate surface area is 119 Å². The minimum Gasteiger partial charge on any atom is -0.478 e. The number of carbonyl (C=O) groups is 1. The van der Waals surface area contributed by atoms with Crippen molar-refractivity contribution >= 4 is 16.9 Å². The van der Waals surface area contributed by atoms with Gasteiger partial charge in [0.25, 0.3) is 0 Å². The summed E-state index contributed by atoms with van der Waals surface area (Å²) in [6.45, 7) is 0. The van der Waals surface area contributed by atoms with Crippen LogP contribution in [0.5, 0.6) is 0 Å². The molecule has 21 heavy (non-hydrogen) atoms. The van der Waals surface area contributed by atoms with Gasteiger partial charge in [0.1, 0.15) is 11.9 Å². The summed E-state index contributed by atoms with van der Waals surface area (Å²) in [5.74, 6) is -1.55. The van der Waals surface area contributed by atoms with Crippen LogP contribution >= 0.6 is 0 Å². The summed E-state index contributed by atoms with van der Waals surface area (Å²) in [7, 11) is 0. The molecule has 0 bridgehead atoms. The van der Waals surface area contributed by atoms with Gasteiger partial charge in [-0.05, 0) is 42.5 Å². The molecule has 5 heteroatoms. The molecule has 3 rings (SSSR count). The van der Waals surface area contributed by atoms with Crippen LogP contribution in [0.25, 0.3) is 16.6 Å². The largest absolute Gasteiger partial charge is 0.478 e. The van der Waals surface area contributed by atoms with Crippen LogP contribution in [-0.2, 0) is 0 Å². The first-order chi connectivity index (χ1) is 10.1. The normalized spacial score (nSPS) is 10.5. The van der Waals surface area contributed by atoms with Gasteiger partial charge in [0.2, 0.25) is 0 Å². The van der Waals surface area contributed by atoms with Crippen molar-refractivity contribution in [3.05, 3.63) is 65.6 Å². The molecular formula is C16H9FN2O2. The maximum atomic E-state index is 13.4. The van der Waals surface area contributed by atoms with E-state index in [2.05, 4.69) is 0 Å². The van der Waals surface area contributed by atoms with Crippen molar-refractivity contribution < 1.29 is 14.3 Å². The second kappa shape index (κ2) is 4.76. The first-order valence-electron chi connectivity index (χ1n) is 6.14. The van der Waals surface area contributed by atoms with E-state index in [1.807, 2.05) is 0 Å². The number of benzene rings is 2. The Morgan fingerprint density at radius 2 is 2.00 bits per heavy atom. The SMILES string of the molecule is N#Cc1cc(-n2ccc3cc(C(=O)O)ccc32)ccc1F. The van der Waals surface area contributed by atoms with E-state index in [0.717, 1.165) is 10.9 Å². The zero-order valence-corrected chi connectivity index (χ0v) is 10.7. The van der Waals surface area contributed by atoms with Gasteiger partial charge in [-0.3, -0.25) is 0 Å². The van der Waals surface area contributed by atoms with Crippen LogP contribution in [0.3, 0.4) is 0 Å². The molecule has 0 amide bonds. The Hall–Kier alpha value is -3.13. The van der Waals surface area contributed by atoms with E-state index in [4.69, 9.17) is 10.4 Å². The number of fused-ring (bicyclic) bond motifs is 1. The Balaban J connectivity index is 2.18. The van der Waals surface area contributed by atoms with Crippen LogP contribution < -0.4 is 0 Å². The van der Waals surface area contributed by atoms with Crippen molar-refractivity contribution in [2.24, 2.45) is 0 Å². The number of aromatic nitrogens is 1. The molecule has 0 unspecified atom stereocenters. The number of nitrogens with zero attached hydrogens (tertiary/aromatic N) is 2. The number of carboxylic acids is 1. The number of aromatic carboxylic acids is 1. The third-order valence-corrected chi connectivity index (χ3v) is 3.29. The molecule has 102 valence electrons. The van der Waals surface area contributed by atoms with Gasteiger partial charge in [-0.1, -0.05) is 0 Å². The Bertz CT molecular complexity index is 906. The summed E-state index contributed by atoms with van der Waals surface area (Å²) in [5, 5.41) is 18.6. The van der Waals surface area contributed by atoms with Crippen LogP contribution in [0.2, 0.25) is 0 Å². The topological polar surface area (TPSA) is 66.0 Å². The molecule has 0 radical (unpaired) electrons. The van der Waals surface area contributed by atoms with Crippen molar-refractivity contribution in [2.45, 2.75) is 0 Å². The fourth-order valence-corrected chi connectivity index (χ4v) is 2.25. The summed E-state index contributed by atoms with van der Waals surface area (Å²) < 4.78 is 15.1. The van der Waals surface area contributed by atoms with Gasteiger partial charge in [0, 0.05) is 17.3 Å². The quantitative estimate of drug-likeness (QED) is 0.782. The number of nitriles is 1. The minimum absolute atomic E-state index is 0.0310. The first-order valence-corrected chi connectivity index (χ1v) is 6.14. The van der Waals surface area contributed by atoms with Gasteiger partial charge >= 0.3 is 5.97 Å². The van der Waals surface area contributed by atoms with Crippen LogP contribution in [-0.4, -0.2) is 15.6 Å². The minimum atomic E-state index is -0.988. The number of hydrogen-bond donors (Lipinski definition) is 1. The number of halogens is 1. The van der Waals surface area contributed by atoms with E-state index in [9.17, 15) is 9.18 Å². The molecule has 2 aromatic carbocycles. The highest BCUT2D eigenvalue weighted by atomic mass is 19.1. The van der Waals surface area contributed by atoms with Gasteiger partial charge in [-0.2, -0.15) is 5.26 Å². The zero-order valence-electron chi connectivity index (χ0n) is 10.7. The molecule has 3 aromatic rings. The van der Waals surface area contributed by atoms with E-state index in [1.165, 1.54) is 18.2 Å². The molecule has 1 N–H and O–H groups in total. The van der Waals surface area contributed by atoms with Crippen molar-refractivity contribution in [3.63, 3.8) is 0 Å². The zero-order chi connectivity index (χ0) is 15.0. The van der Waals surface area contributed by atoms with Crippen LogP contribution in [0, 0.1) is 17.1 Å². The van der Waals surface area contributed by atoms with Crippen LogP contribution in [0.15, 0.2) is 48.7 Å². The molecule has 0 saturated carbocycles. The summed E-state index contributed by atoms with van der Waals surface area (Å²) in [6.07, 6.45) is 1.75. The van der Waals surface area contributed by atoms with Crippen molar-refractivity contribution in [2.75, 3.05) is 0 Å². The summed E-state index contributed by atoms with van der Waals surface area (Å²) >= 11 is 0. The molecule has 0 aliphatic carbocycles. The van der Waals surface area contributed by atoms with Crippen LogP contribution in [0.1, 0.15) is 15.9 Å². The molecule has 4 nitrogen and oxygen atoms in total. The van der Waals surface area contributed by atoms with Gasteiger partial charge in [-0.15, -0.1) is 0 Å². The lowest BCUT2D eigenvalue weighted by Crippen LogP contribution is -1.97. The van der Waals surface area contributed by atoms with E-state index < -0.39 is 11.8 Å². The van der Waals surface area contributed by atoms with Crippen LogP contribution in [0.4, 0.5) is 4.39 Å². The van der Waals surface area contributed by atoms with Crippen molar-refractivity contribution in [3.8, 4) is 11.8 Å². The molecule has 0 atom stereocenters. The highest BCUT2D eigenvalue weighted by molar-refractivity contribution is 5.94. The third-order valence-electron chi connectivity index (χ3n) is 3.29. The summed E-state index contributed by atoms with van der Waals surface area (Å²) in [4.78, 5) is 11.0. The molecule has 0 aliphatic heterocycles. The maximum absolute atomic E-state index is 13.4. The molecule has 0 saturated heterocycles. The predicted octanol–water partition coefficient (Wildman–Crippen LogP) is 3.34. The Morgan fingerprint density at radius 3 is 2.71 bits per heavy atom.